The van der Waals surface area contributed by atoms with Crippen molar-refractivity contribution in [2.45, 2.75) is 25.8 Å². The number of thiocarbonyl (C=S) groups is 1. The fourth-order valence-corrected chi connectivity index (χ4v) is 3.86. The number of rotatable bonds is 7. The summed E-state index contributed by atoms with van der Waals surface area (Å²) in [5.41, 5.74) is 2.09. The maximum Gasteiger partial charge on any atom is 0.170 e. The molecule has 0 radical (unpaired) electrons. The number of hydrogen-bond donors (Lipinski definition) is 2. The van der Waals surface area contributed by atoms with E-state index in [0.29, 0.717) is 18.3 Å². The zero-order valence-corrected chi connectivity index (χ0v) is 17.2. The zero-order chi connectivity index (χ0) is 19.1. The molecule has 0 bridgehead atoms. The fourth-order valence-electron chi connectivity index (χ4n) is 3.40. The van der Waals surface area contributed by atoms with Gasteiger partial charge in [0.15, 0.2) is 5.11 Å². The Morgan fingerprint density at radius 3 is 2.52 bits per heavy atom. The van der Waals surface area contributed by atoms with Gasteiger partial charge in [-0.05, 0) is 81.0 Å². The quantitative estimate of drug-likeness (QED) is 0.645. The second kappa shape index (κ2) is 9.93. The van der Waals surface area contributed by atoms with Crippen LogP contribution in [0.1, 0.15) is 31.4 Å². The van der Waals surface area contributed by atoms with E-state index in [2.05, 4.69) is 21.6 Å². The molecule has 4 nitrogen and oxygen atoms in total. The Labute approximate surface area is 171 Å². The summed E-state index contributed by atoms with van der Waals surface area (Å²) >= 11 is 12.0. The topological polar surface area (TPSA) is 36.5 Å². The monoisotopic (exact) mass is 403 g/mol. The Bertz CT molecular complexity index is 747. The number of benzene rings is 2. The molecule has 1 saturated heterocycles. The van der Waals surface area contributed by atoms with Gasteiger partial charge in [0.05, 0.1) is 12.6 Å². The lowest BCUT2D eigenvalue weighted by molar-refractivity contribution is 0.246. The highest BCUT2D eigenvalue weighted by Crippen LogP contribution is 2.29. The number of anilines is 1. The SMILES string of the molecule is CCOc1ccc(NC(=S)NC[C@@H](c2ccccc2Cl)N2CCCC2)cc1. The summed E-state index contributed by atoms with van der Waals surface area (Å²) in [4.78, 5) is 2.48. The predicted molar refractivity (Wildman–Crippen MR) is 117 cm³/mol. The minimum absolute atomic E-state index is 0.210. The van der Waals surface area contributed by atoms with Crippen molar-refractivity contribution in [1.29, 1.82) is 0 Å². The van der Waals surface area contributed by atoms with Crippen LogP contribution in [0.15, 0.2) is 48.5 Å². The van der Waals surface area contributed by atoms with E-state index in [1.165, 1.54) is 12.8 Å². The summed E-state index contributed by atoms with van der Waals surface area (Å²) in [6.07, 6.45) is 2.46. The van der Waals surface area contributed by atoms with E-state index in [1.54, 1.807) is 0 Å². The third-order valence-corrected chi connectivity index (χ3v) is 5.32. The van der Waals surface area contributed by atoms with Crippen molar-refractivity contribution < 1.29 is 4.74 Å². The molecule has 0 unspecified atom stereocenters. The molecule has 0 spiro atoms. The van der Waals surface area contributed by atoms with Gasteiger partial charge in [-0.3, -0.25) is 4.90 Å². The van der Waals surface area contributed by atoms with Crippen LogP contribution in [0.2, 0.25) is 5.02 Å². The smallest absolute Gasteiger partial charge is 0.170 e. The van der Waals surface area contributed by atoms with Crippen molar-refractivity contribution in [3.8, 4) is 5.75 Å². The standard InChI is InChI=1S/C21H26ClN3OS/c1-2-26-17-11-9-16(10-12-17)24-21(27)23-15-20(25-13-5-6-14-25)18-7-3-4-8-19(18)22/h3-4,7-12,20H,2,5-6,13-15H2,1H3,(H2,23,24,27)/t20-/m0/s1. The minimum atomic E-state index is 0.210. The summed E-state index contributed by atoms with van der Waals surface area (Å²) in [6.45, 7) is 5.54. The van der Waals surface area contributed by atoms with Crippen LogP contribution in [0.25, 0.3) is 0 Å². The first-order valence-corrected chi connectivity index (χ1v) is 10.2. The van der Waals surface area contributed by atoms with Gasteiger partial charge in [0.2, 0.25) is 0 Å². The number of nitrogens with one attached hydrogen (secondary N) is 2. The van der Waals surface area contributed by atoms with E-state index in [1.807, 2.05) is 49.4 Å². The van der Waals surface area contributed by atoms with Crippen LogP contribution in [-0.4, -0.2) is 36.3 Å². The van der Waals surface area contributed by atoms with Gasteiger partial charge >= 0.3 is 0 Å². The molecule has 1 aliphatic rings. The Hall–Kier alpha value is -1.82. The lowest BCUT2D eigenvalue weighted by atomic mass is 10.1. The Morgan fingerprint density at radius 2 is 1.85 bits per heavy atom. The Balaban J connectivity index is 1.61. The second-order valence-corrected chi connectivity index (χ2v) is 7.39. The second-order valence-electron chi connectivity index (χ2n) is 6.57. The highest BCUT2D eigenvalue weighted by Gasteiger charge is 2.25. The first-order chi connectivity index (χ1) is 13.2. The fraction of sp³-hybridized carbons (Fsp3) is 0.381. The van der Waals surface area contributed by atoms with Gasteiger partial charge in [-0.15, -0.1) is 0 Å². The molecule has 0 amide bonds. The lowest BCUT2D eigenvalue weighted by Gasteiger charge is -2.29. The summed E-state index contributed by atoms with van der Waals surface area (Å²) in [5, 5.41) is 8.01. The number of likely N-dealkylation sites (tertiary alicyclic amines) is 1. The molecule has 0 aliphatic carbocycles. The van der Waals surface area contributed by atoms with Crippen LogP contribution in [0.3, 0.4) is 0 Å². The van der Waals surface area contributed by atoms with E-state index in [9.17, 15) is 0 Å². The van der Waals surface area contributed by atoms with E-state index in [4.69, 9.17) is 28.6 Å². The predicted octanol–water partition coefficient (Wildman–Crippen LogP) is 4.86. The summed E-state index contributed by atoms with van der Waals surface area (Å²) in [7, 11) is 0. The average molecular weight is 404 g/mol. The molecule has 2 aromatic carbocycles. The third-order valence-electron chi connectivity index (χ3n) is 4.72. The van der Waals surface area contributed by atoms with Crippen molar-refractivity contribution in [2.75, 3.05) is 31.6 Å². The van der Waals surface area contributed by atoms with Gasteiger partial charge < -0.3 is 15.4 Å². The molecule has 144 valence electrons. The van der Waals surface area contributed by atoms with Gasteiger partial charge in [-0.1, -0.05) is 29.8 Å². The molecule has 3 rings (SSSR count). The molecular weight excluding hydrogens is 378 g/mol. The largest absolute Gasteiger partial charge is 0.494 e. The molecule has 2 aromatic rings. The molecule has 6 heteroatoms. The third kappa shape index (κ3) is 5.58. The maximum atomic E-state index is 6.47. The van der Waals surface area contributed by atoms with Crippen LogP contribution in [0, 0.1) is 0 Å². The van der Waals surface area contributed by atoms with Gasteiger partial charge in [0.25, 0.3) is 0 Å². The van der Waals surface area contributed by atoms with Gasteiger partial charge in [-0.25, -0.2) is 0 Å². The number of hydrogen-bond acceptors (Lipinski definition) is 3. The average Bonchev–Trinajstić information content (AvgIpc) is 3.20. The van der Waals surface area contributed by atoms with Gasteiger partial charge in [0, 0.05) is 17.3 Å². The van der Waals surface area contributed by atoms with Crippen LogP contribution in [0.5, 0.6) is 5.75 Å². The van der Waals surface area contributed by atoms with Crippen molar-refractivity contribution in [2.24, 2.45) is 0 Å². The first kappa shape index (κ1) is 19.9. The lowest BCUT2D eigenvalue weighted by Crippen LogP contribution is -2.38. The number of halogens is 1. The van der Waals surface area contributed by atoms with E-state index in [-0.39, 0.29) is 6.04 Å². The molecule has 27 heavy (non-hydrogen) atoms. The Morgan fingerprint density at radius 1 is 1.15 bits per heavy atom. The van der Waals surface area contributed by atoms with Gasteiger partial charge in [-0.2, -0.15) is 0 Å². The van der Waals surface area contributed by atoms with E-state index in [0.717, 1.165) is 35.1 Å². The van der Waals surface area contributed by atoms with Crippen molar-refractivity contribution >= 4 is 34.6 Å². The first-order valence-electron chi connectivity index (χ1n) is 9.43. The molecule has 0 aromatic heterocycles. The highest BCUT2D eigenvalue weighted by atomic mass is 35.5. The normalized spacial score (nSPS) is 15.3. The van der Waals surface area contributed by atoms with Crippen molar-refractivity contribution in [3.63, 3.8) is 0 Å². The summed E-state index contributed by atoms with van der Waals surface area (Å²) in [5.74, 6) is 0.856. The Kier molecular flexibility index (Phi) is 7.33. The highest BCUT2D eigenvalue weighted by molar-refractivity contribution is 7.80. The van der Waals surface area contributed by atoms with Gasteiger partial charge in [0.1, 0.15) is 5.75 Å². The summed E-state index contributed by atoms with van der Waals surface area (Å²) < 4.78 is 5.47. The van der Waals surface area contributed by atoms with Crippen LogP contribution in [0.4, 0.5) is 5.69 Å². The number of ether oxygens (including phenoxy) is 1. The molecule has 2 N–H and O–H groups in total. The van der Waals surface area contributed by atoms with Crippen LogP contribution >= 0.6 is 23.8 Å². The molecule has 1 atom stereocenters. The molecular formula is C21H26ClN3OS. The van der Waals surface area contributed by atoms with Crippen LogP contribution < -0.4 is 15.4 Å². The van der Waals surface area contributed by atoms with Crippen molar-refractivity contribution in [3.05, 3.63) is 59.1 Å². The zero-order valence-electron chi connectivity index (χ0n) is 15.6. The maximum absolute atomic E-state index is 6.47. The number of nitrogens with zero attached hydrogens (tertiary/aromatic N) is 1. The van der Waals surface area contributed by atoms with Crippen molar-refractivity contribution in [1.82, 2.24) is 10.2 Å². The molecule has 1 heterocycles. The van der Waals surface area contributed by atoms with Crippen LogP contribution in [-0.2, 0) is 0 Å². The minimum Gasteiger partial charge on any atom is -0.494 e. The summed E-state index contributed by atoms with van der Waals surface area (Å²) in [6, 6.07) is 16.1. The molecule has 1 fully saturated rings. The van der Waals surface area contributed by atoms with E-state index < -0.39 is 0 Å². The molecule has 0 saturated carbocycles. The molecule has 1 aliphatic heterocycles. The van der Waals surface area contributed by atoms with E-state index >= 15 is 0 Å².